The van der Waals surface area contributed by atoms with Crippen LogP contribution in [0.2, 0.25) is 0 Å². The fraction of sp³-hybridized carbons (Fsp3) is 0.417. The predicted molar refractivity (Wildman–Crippen MR) is 74.5 cm³/mol. The Kier molecular flexibility index (Phi) is 4.54. The fourth-order valence-corrected chi connectivity index (χ4v) is 2.58. The van der Waals surface area contributed by atoms with Crippen LogP contribution in [0.15, 0.2) is 24.3 Å². The van der Waals surface area contributed by atoms with Gasteiger partial charge in [0.15, 0.2) is 0 Å². The van der Waals surface area contributed by atoms with E-state index in [4.69, 9.17) is 11.5 Å². The van der Waals surface area contributed by atoms with Crippen molar-refractivity contribution >= 4 is 21.6 Å². The number of benzene rings is 1. The zero-order valence-electron chi connectivity index (χ0n) is 11.0. The van der Waals surface area contributed by atoms with Crippen molar-refractivity contribution in [2.24, 2.45) is 11.1 Å². The minimum Gasteiger partial charge on any atom is -0.399 e. The number of primary amides is 1. The van der Waals surface area contributed by atoms with Gasteiger partial charge in [-0.1, -0.05) is 12.1 Å². The van der Waals surface area contributed by atoms with E-state index in [1.165, 1.54) is 0 Å². The van der Waals surface area contributed by atoms with Gasteiger partial charge >= 0.3 is 0 Å². The normalized spacial score (nSPS) is 12.3. The molecule has 0 aliphatic carbocycles. The molecular formula is C12H19N3O3S. The van der Waals surface area contributed by atoms with E-state index < -0.39 is 21.3 Å². The second-order valence-electron chi connectivity index (χ2n) is 5.07. The van der Waals surface area contributed by atoms with Crippen LogP contribution in [0, 0.1) is 5.41 Å². The van der Waals surface area contributed by atoms with E-state index in [0.29, 0.717) is 11.3 Å². The van der Waals surface area contributed by atoms with Crippen molar-refractivity contribution < 1.29 is 13.2 Å². The van der Waals surface area contributed by atoms with Crippen LogP contribution in [0.25, 0.3) is 0 Å². The molecule has 0 aliphatic rings. The van der Waals surface area contributed by atoms with Crippen molar-refractivity contribution in [3.63, 3.8) is 0 Å². The maximum absolute atomic E-state index is 11.9. The van der Waals surface area contributed by atoms with Gasteiger partial charge in [-0.3, -0.25) is 4.79 Å². The van der Waals surface area contributed by atoms with E-state index in [0.717, 1.165) is 0 Å². The summed E-state index contributed by atoms with van der Waals surface area (Å²) >= 11 is 0. The van der Waals surface area contributed by atoms with E-state index in [-0.39, 0.29) is 12.3 Å². The number of nitrogen functional groups attached to an aromatic ring is 1. The molecule has 7 heteroatoms. The maximum Gasteiger partial charge on any atom is 0.224 e. The first-order valence-electron chi connectivity index (χ1n) is 5.74. The average molecular weight is 285 g/mol. The molecule has 1 aromatic rings. The molecule has 0 fully saturated rings. The lowest BCUT2D eigenvalue weighted by atomic mass is 9.93. The number of sulfonamides is 1. The molecule has 0 aromatic heterocycles. The first kappa shape index (κ1) is 15.5. The first-order valence-corrected chi connectivity index (χ1v) is 7.39. The van der Waals surface area contributed by atoms with Crippen LogP contribution in [-0.4, -0.2) is 20.9 Å². The molecule has 5 N–H and O–H groups in total. The lowest BCUT2D eigenvalue weighted by molar-refractivity contribution is -0.125. The average Bonchev–Trinajstić information content (AvgIpc) is 2.30. The zero-order valence-corrected chi connectivity index (χ0v) is 11.8. The van der Waals surface area contributed by atoms with Gasteiger partial charge in [-0.2, -0.15) is 0 Å². The van der Waals surface area contributed by atoms with Gasteiger partial charge in [0.25, 0.3) is 0 Å². The molecule has 1 rings (SSSR count). The highest BCUT2D eigenvalue weighted by Gasteiger charge is 2.26. The number of nitrogens with one attached hydrogen (secondary N) is 1. The lowest BCUT2D eigenvalue weighted by Crippen LogP contribution is -2.42. The smallest absolute Gasteiger partial charge is 0.224 e. The molecule has 1 amide bonds. The van der Waals surface area contributed by atoms with Crippen molar-refractivity contribution in [1.29, 1.82) is 0 Å². The Morgan fingerprint density at radius 3 is 2.26 bits per heavy atom. The highest BCUT2D eigenvalue weighted by Crippen LogP contribution is 2.14. The molecule has 0 saturated heterocycles. The third kappa shape index (κ3) is 4.88. The van der Waals surface area contributed by atoms with Crippen molar-refractivity contribution in [3.05, 3.63) is 29.8 Å². The predicted octanol–water partition coefficient (Wildman–Crippen LogP) is 0.200. The van der Waals surface area contributed by atoms with Gasteiger partial charge in [0.1, 0.15) is 0 Å². The molecule has 0 aliphatic heterocycles. The number of carbonyl (C=O) groups excluding carboxylic acids is 1. The second-order valence-corrected chi connectivity index (χ2v) is 6.88. The Labute approximate surface area is 113 Å². The lowest BCUT2D eigenvalue weighted by Gasteiger charge is -2.20. The van der Waals surface area contributed by atoms with Crippen LogP contribution in [0.4, 0.5) is 5.69 Å². The minimum atomic E-state index is -3.51. The number of carbonyl (C=O) groups is 1. The van der Waals surface area contributed by atoms with Crippen LogP contribution >= 0.6 is 0 Å². The van der Waals surface area contributed by atoms with Gasteiger partial charge in [-0.15, -0.1) is 0 Å². The summed E-state index contributed by atoms with van der Waals surface area (Å²) in [6, 6.07) is 6.57. The minimum absolute atomic E-state index is 0.0281. The highest BCUT2D eigenvalue weighted by molar-refractivity contribution is 7.88. The van der Waals surface area contributed by atoms with Crippen molar-refractivity contribution in [3.8, 4) is 0 Å². The van der Waals surface area contributed by atoms with Crippen LogP contribution in [0.1, 0.15) is 19.4 Å². The third-order valence-corrected chi connectivity index (χ3v) is 4.03. The number of amides is 1. The van der Waals surface area contributed by atoms with Crippen LogP contribution in [-0.2, 0) is 20.6 Å². The van der Waals surface area contributed by atoms with Crippen LogP contribution < -0.4 is 16.2 Å². The van der Waals surface area contributed by atoms with Crippen molar-refractivity contribution in [2.75, 3.05) is 12.3 Å². The van der Waals surface area contributed by atoms with Crippen molar-refractivity contribution in [2.45, 2.75) is 19.6 Å². The number of rotatable bonds is 6. The summed E-state index contributed by atoms with van der Waals surface area (Å²) in [6.45, 7) is 3.14. The molecule has 106 valence electrons. The summed E-state index contributed by atoms with van der Waals surface area (Å²) in [5.41, 5.74) is 11.0. The molecule has 0 radical (unpaired) electrons. The number of hydrogen-bond acceptors (Lipinski definition) is 4. The molecule has 0 unspecified atom stereocenters. The monoisotopic (exact) mass is 285 g/mol. The van der Waals surface area contributed by atoms with Crippen molar-refractivity contribution in [1.82, 2.24) is 4.72 Å². The standard InChI is InChI=1S/C12H19N3O3S/c1-12(2,11(14)16)8-15-19(17,18)7-9-3-5-10(13)6-4-9/h3-6,15H,7-8,13H2,1-2H3,(H2,14,16). The quantitative estimate of drug-likeness (QED) is 0.647. The molecule has 19 heavy (non-hydrogen) atoms. The summed E-state index contributed by atoms with van der Waals surface area (Å²) in [7, 11) is -3.51. The number of hydrogen-bond donors (Lipinski definition) is 3. The summed E-state index contributed by atoms with van der Waals surface area (Å²) in [5, 5.41) is 0. The Bertz CT molecular complexity index is 550. The van der Waals surface area contributed by atoms with Gasteiger partial charge < -0.3 is 11.5 Å². The molecule has 0 bridgehead atoms. The molecular weight excluding hydrogens is 266 g/mol. The molecule has 0 atom stereocenters. The van der Waals surface area contributed by atoms with E-state index in [9.17, 15) is 13.2 Å². The zero-order chi connectivity index (χ0) is 14.7. The summed E-state index contributed by atoms with van der Waals surface area (Å²) < 4.78 is 26.1. The van der Waals surface area contributed by atoms with Gasteiger partial charge in [0.05, 0.1) is 11.2 Å². The van der Waals surface area contributed by atoms with Gasteiger partial charge in [-0.05, 0) is 31.5 Å². The van der Waals surface area contributed by atoms with E-state index >= 15 is 0 Å². The largest absolute Gasteiger partial charge is 0.399 e. The van der Waals surface area contributed by atoms with E-state index in [1.807, 2.05) is 0 Å². The van der Waals surface area contributed by atoms with Gasteiger partial charge in [-0.25, -0.2) is 13.1 Å². The number of anilines is 1. The fourth-order valence-electron chi connectivity index (χ4n) is 1.26. The van der Waals surface area contributed by atoms with E-state index in [1.54, 1.807) is 38.1 Å². The molecule has 6 nitrogen and oxygen atoms in total. The maximum atomic E-state index is 11.9. The van der Waals surface area contributed by atoms with Gasteiger partial charge in [0, 0.05) is 12.2 Å². The Morgan fingerprint density at radius 2 is 1.79 bits per heavy atom. The molecule has 0 saturated carbocycles. The Hall–Kier alpha value is -1.60. The number of nitrogens with two attached hydrogens (primary N) is 2. The van der Waals surface area contributed by atoms with E-state index in [2.05, 4.69) is 4.72 Å². The Morgan fingerprint density at radius 1 is 1.26 bits per heavy atom. The third-order valence-electron chi connectivity index (χ3n) is 2.74. The van der Waals surface area contributed by atoms with Gasteiger partial charge in [0.2, 0.25) is 15.9 Å². The van der Waals surface area contributed by atoms with Crippen LogP contribution in [0.3, 0.4) is 0 Å². The molecule has 1 aromatic carbocycles. The second kappa shape index (κ2) is 5.58. The molecule has 0 spiro atoms. The Balaban J connectivity index is 2.67. The summed E-state index contributed by atoms with van der Waals surface area (Å²) in [5.74, 6) is -0.718. The first-order chi connectivity index (χ1) is 8.62. The SMILES string of the molecule is CC(C)(CNS(=O)(=O)Cc1ccc(N)cc1)C(N)=O. The topological polar surface area (TPSA) is 115 Å². The highest BCUT2D eigenvalue weighted by atomic mass is 32.2. The van der Waals surface area contributed by atoms with Crippen LogP contribution in [0.5, 0.6) is 0 Å². The summed E-state index contributed by atoms with van der Waals surface area (Å²) in [6.07, 6.45) is 0. The summed E-state index contributed by atoms with van der Waals surface area (Å²) in [4.78, 5) is 11.1. The molecule has 0 heterocycles.